The van der Waals surface area contributed by atoms with Gasteiger partial charge in [0.15, 0.2) is 0 Å². The summed E-state index contributed by atoms with van der Waals surface area (Å²) in [5, 5.41) is 7.33. The molecule has 0 saturated carbocycles. The van der Waals surface area contributed by atoms with Gasteiger partial charge in [0, 0.05) is 51.6 Å². The largest absolute Gasteiger partial charge is 0.381 e. The lowest BCUT2D eigenvalue weighted by molar-refractivity contribution is 0.0401. The van der Waals surface area contributed by atoms with Gasteiger partial charge >= 0.3 is 0 Å². The van der Waals surface area contributed by atoms with E-state index in [0.29, 0.717) is 23.4 Å². The number of aromatic nitrogens is 2. The molecule has 2 aliphatic heterocycles. The summed E-state index contributed by atoms with van der Waals surface area (Å²) in [7, 11) is 1.83. The number of aryl methyl sites for hydroxylation is 1. The van der Waals surface area contributed by atoms with Crippen molar-refractivity contribution in [2.45, 2.75) is 38.8 Å². The molecule has 1 aromatic rings. The second kappa shape index (κ2) is 8.32. The van der Waals surface area contributed by atoms with Crippen molar-refractivity contribution in [1.29, 1.82) is 0 Å². The molecule has 3 heterocycles. The lowest BCUT2D eigenvalue weighted by Gasteiger charge is -2.31. The molecule has 24 heavy (non-hydrogen) atoms. The van der Waals surface area contributed by atoms with Gasteiger partial charge < -0.3 is 10.1 Å². The molecule has 0 aromatic carbocycles. The molecule has 7 heteroatoms. The van der Waals surface area contributed by atoms with Crippen LogP contribution >= 0.6 is 12.4 Å². The van der Waals surface area contributed by atoms with E-state index < -0.39 is 0 Å². The number of rotatable bonds is 4. The zero-order valence-corrected chi connectivity index (χ0v) is 15.6. The molecule has 2 saturated heterocycles. The maximum atomic E-state index is 12.5. The highest BCUT2D eigenvalue weighted by Crippen LogP contribution is 2.28. The number of likely N-dealkylation sites (tertiary alicyclic amines) is 1. The van der Waals surface area contributed by atoms with E-state index >= 15 is 0 Å². The first kappa shape index (κ1) is 19.2. The quantitative estimate of drug-likeness (QED) is 0.892. The average Bonchev–Trinajstić information content (AvgIpc) is 3.15. The van der Waals surface area contributed by atoms with Gasteiger partial charge in [0.1, 0.15) is 0 Å². The van der Waals surface area contributed by atoms with Crippen LogP contribution < -0.4 is 5.32 Å². The fourth-order valence-electron chi connectivity index (χ4n) is 3.83. The van der Waals surface area contributed by atoms with Gasteiger partial charge in [0.05, 0.1) is 11.8 Å². The fourth-order valence-corrected chi connectivity index (χ4v) is 3.83. The topological polar surface area (TPSA) is 59.4 Å². The molecule has 1 N–H and O–H groups in total. The minimum atomic E-state index is -0.0115. The van der Waals surface area contributed by atoms with Crippen LogP contribution in [0.2, 0.25) is 0 Å². The van der Waals surface area contributed by atoms with Crippen molar-refractivity contribution in [1.82, 2.24) is 20.0 Å². The molecule has 0 bridgehead atoms. The van der Waals surface area contributed by atoms with Crippen LogP contribution in [0.25, 0.3) is 0 Å². The van der Waals surface area contributed by atoms with Crippen molar-refractivity contribution in [2.24, 2.45) is 18.9 Å². The number of ether oxygens (including phenoxy) is 1. The third kappa shape index (κ3) is 4.29. The van der Waals surface area contributed by atoms with Crippen LogP contribution in [0.15, 0.2) is 12.4 Å². The number of carbonyl (C=O) groups excluding carboxylic acids is 1. The Labute approximate surface area is 150 Å². The Hall–Kier alpha value is -1.11. The van der Waals surface area contributed by atoms with E-state index in [4.69, 9.17) is 4.74 Å². The molecule has 0 spiro atoms. The predicted octanol–water partition coefficient (Wildman–Crippen LogP) is 1.71. The van der Waals surface area contributed by atoms with E-state index in [1.165, 1.54) is 0 Å². The molecular formula is C17H29ClN4O2. The maximum absolute atomic E-state index is 12.5. The van der Waals surface area contributed by atoms with Crippen molar-refractivity contribution in [3.8, 4) is 0 Å². The van der Waals surface area contributed by atoms with Crippen LogP contribution in [0.5, 0.6) is 0 Å². The zero-order chi connectivity index (χ0) is 16.4. The Kier molecular flexibility index (Phi) is 6.66. The minimum Gasteiger partial charge on any atom is -0.381 e. The summed E-state index contributed by atoms with van der Waals surface area (Å²) in [6.07, 6.45) is 5.61. The number of carbonyl (C=O) groups is 1. The molecule has 0 radical (unpaired) electrons. The van der Waals surface area contributed by atoms with Gasteiger partial charge in [-0.05, 0) is 24.7 Å². The van der Waals surface area contributed by atoms with Crippen molar-refractivity contribution in [3.63, 3.8) is 0 Å². The standard InChI is InChI=1S/C17H28N4O2.ClH/c1-12(2)15-10-21(14-4-6-23-7-5-14)11-16(15)19-17(22)13-8-18-20(3)9-13;/h8-9,12,14-16H,4-7,10-11H2,1-3H3,(H,19,22);1H/t15-,16+;/m1./s1. The molecule has 1 amide bonds. The number of hydrogen-bond acceptors (Lipinski definition) is 4. The van der Waals surface area contributed by atoms with E-state index in [1.807, 2.05) is 7.05 Å². The lowest BCUT2D eigenvalue weighted by atomic mass is 9.91. The van der Waals surface area contributed by atoms with Crippen LogP contribution in [0.1, 0.15) is 37.0 Å². The maximum Gasteiger partial charge on any atom is 0.254 e. The van der Waals surface area contributed by atoms with Gasteiger partial charge in [-0.1, -0.05) is 13.8 Å². The summed E-state index contributed by atoms with van der Waals surface area (Å²) in [4.78, 5) is 15.0. The van der Waals surface area contributed by atoms with E-state index in [2.05, 4.69) is 29.2 Å². The monoisotopic (exact) mass is 356 g/mol. The Morgan fingerprint density at radius 1 is 1.33 bits per heavy atom. The molecule has 2 atom stereocenters. The van der Waals surface area contributed by atoms with Crippen LogP contribution in [-0.4, -0.2) is 59.0 Å². The Balaban J connectivity index is 0.00000208. The minimum absolute atomic E-state index is 0. The van der Waals surface area contributed by atoms with Crippen molar-refractivity contribution < 1.29 is 9.53 Å². The van der Waals surface area contributed by atoms with Crippen LogP contribution in [0.3, 0.4) is 0 Å². The van der Waals surface area contributed by atoms with Crippen LogP contribution in [-0.2, 0) is 11.8 Å². The summed E-state index contributed by atoms with van der Waals surface area (Å²) in [5.41, 5.74) is 0.638. The van der Waals surface area contributed by atoms with Crippen molar-refractivity contribution in [2.75, 3.05) is 26.3 Å². The molecule has 6 nitrogen and oxygen atoms in total. The zero-order valence-electron chi connectivity index (χ0n) is 14.8. The van der Waals surface area contributed by atoms with E-state index in [0.717, 1.165) is 39.1 Å². The summed E-state index contributed by atoms with van der Waals surface area (Å²) >= 11 is 0. The van der Waals surface area contributed by atoms with E-state index in [-0.39, 0.29) is 24.4 Å². The third-order valence-corrected chi connectivity index (χ3v) is 5.24. The summed E-state index contributed by atoms with van der Waals surface area (Å²) in [6.45, 7) is 8.24. The molecule has 0 unspecified atom stereocenters. The number of nitrogens with one attached hydrogen (secondary N) is 1. The normalized spacial score (nSPS) is 25.7. The summed E-state index contributed by atoms with van der Waals surface area (Å²) in [5.74, 6) is 1.04. The smallest absolute Gasteiger partial charge is 0.254 e. The molecule has 2 aliphatic rings. The van der Waals surface area contributed by atoms with Gasteiger partial charge in [-0.15, -0.1) is 12.4 Å². The van der Waals surface area contributed by atoms with Crippen LogP contribution in [0, 0.1) is 11.8 Å². The Morgan fingerprint density at radius 2 is 2.04 bits per heavy atom. The number of amides is 1. The lowest BCUT2D eigenvalue weighted by Crippen LogP contribution is -2.43. The highest BCUT2D eigenvalue weighted by Gasteiger charge is 2.38. The second-order valence-corrected chi connectivity index (χ2v) is 7.19. The molecule has 1 aromatic heterocycles. The third-order valence-electron chi connectivity index (χ3n) is 5.24. The van der Waals surface area contributed by atoms with Gasteiger partial charge in [-0.2, -0.15) is 5.10 Å². The number of halogens is 1. The number of hydrogen-bond donors (Lipinski definition) is 1. The van der Waals surface area contributed by atoms with Crippen LogP contribution in [0.4, 0.5) is 0 Å². The fraction of sp³-hybridized carbons (Fsp3) is 0.765. The van der Waals surface area contributed by atoms with Gasteiger partial charge in [-0.3, -0.25) is 14.4 Å². The highest BCUT2D eigenvalue weighted by molar-refractivity contribution is 5.93. The van der Waals surface area contributed by atoms with Crippen molar-refractivity contribution in [3.05, 3.63) is 18.0 Å². The Morgan fingerprint density at radius 3 is 2.62 bits per heavy atom. The highest BCUT2D eigenvalue weighted by atomic mass is 35.5. The molecule has 2 fully saturated rings. The summed E-state index contributed by atoms with van der Waals surface area (Å²) in [6, 6.07) is 0.816. The molecule has 0 aliphatic carbocycles. The van der Waals surface area contributed by atoms with Gasteiger partial charge in [-0.25, -0.2) is 0 Å². The summed E-state index contributed by atoms with van der Waals surface area (Å²) < 4.78 is 7.14. The average molecular weight is 357 g/mol. The Bertz CT molecular complexity index is 542. The van der Waals surface area contributed by atoms with E-state index in [1.54, 1.807) is 17.1 Å². The number of nitrogens with zero attached hydrogens (tertiary/aromatic N) is 3. The molecule has 3 rings (SSSR count). The van der Waals surface area contributed by atoms with Gasteiger partial charge in [0.25, 0.3) is 5.91 Å². The predicted molar refractivity (Wildman–Crippen MR) is 95.5 cm³/mol. The molecular weight excluding hydrogens is 328 g/mol. The second-order valence-electron chi connectivity index (χ2n) is 7.19. The van der Waals surface area contributed by atoms with Crippen molar-refractivity contribution >= 4 is 18.3 Å². The SMILES string of the molecule is CC(C)[C@H]1CN(C2CCOCC2)C[C@@H]1NC(=O)c1cnn(C)c1.Cl. The first-order chi connectivity index (χ1) is 11.0. The van der Waals surface area contributed by atoms with E-state index in [9.17, 15) is 4.79 Å². The first-order valence-corrected chi connectivity index (χ1v) is 8.66. The first-order valence-electron chi connectivity index (χ1n) is 8.66. The van der Waals surface area contributed by atoms with Gasteiger partial charge in [0.2, 0.25) is 0 Å². The molecule has 136 valence electrons.